The van der Waals surface area contributed by atoms with Crippen LogP contribution < -0.4 is 19.5 Å². The van der Waals surface area contributed by atoms with E-state index in [0.717, 1.165) is 5.56 Å². The summed E-state index contributed by atoms with van der Waals surface area (Å²) in [6.45, 7) is 5.30. The third-order valence-electron chi connectivity index (χ3n) is 3.73. The fraction of sp³-hybridized carbons (Fsp3) is 0.350. The minimum Gasteiger partial charge on any atom is -0.497 e. The predicted molar refractivity (Wildman–Crippen MR) is 97.8 cm³/mol. The molecule has 0 spiro atoms. The summed E-state index contributed by atoms with van der Waals surface area (Å²) < 4.78 is 30.0. The van der Waals surface area contributed by atoms with Gasteiger partial charge in [0.1, 0.15) is 11.6 Å². The molecule has 0 fully saturated rings. The molecule has 5 nitrogen and oxygen atoms in total. The minimum absolute atomic E-state index is 0.00695. The Morgan fingerprint density at radius 1 is 1.04 bits per heavy atom. The molecule has 2 rings (SSSR count). The zero-order chi connectivity index (χ0) is 18.9. The van der Waals surface area contributed by atoms with Crippen molar-refractivity contribution >= 4 is 5.91 Å². The molecule has 0 radical (unpaired) electrons. The number of halogens is 1. The van der Waals surface area contributed by atoms with E-state index in [2.05, 4.69) is 5.32 Å². The molecule has 0 saturated carbocycles. The SMILES string of the molecule is CCOc1ccc(CCNC(=O)c2ccc(OC)cc2F)cc1OCC. The maximum atomic E-state index is 13.9. The number of hydrogen-bond donors (Lipinski definition) is 1. The lowest BCUT2D eigenvalue weighted by Crippen LogP contribution is -2.26. The first kappa shape index (κ1) is 19.6. The molecule has 0 heterocycles. The minimum atomic E-state index is -0.610. The maximum Gasteiger partial charge on any atom is 0.254 e. The van der Waals surface area contributed by atoms with Gasteiger partial charge in [-0.25, -0.2) is 4.39 Å². The van der Waals surface area contributed by atoms with Gasteiger partial charge in [-0.1, -0.05) is 6.07 Å². The van der Waals surface area contributed by atoms with Crippen molar-refractivity contribution in [3.05, 3.63) is 53.3 Å². The van der Waals surface area contributed by atoms with E-state index >= 15 is 0 Å². The van der Waals surface area contributed by atoms with E-state index in [0.29, 0.717) is 43.4 Å². The van der Waals surface area contributed by atoms with Crippen LogP contribution in [-0.2, 0) is 6.42 Å². The van der Waals surface area contributed by atoms with Gasteiger partial charge in [0.2, 0.25) is 0 Å². The molecule has 1 amide bonds. The second kappa shape index (κ2) is 9.65. The zero-order valence-corrected chi connectivity index (χ0v) is 15.3. The number of nitrogens with one attached hydrogen (secondary N) is 1. The lowest BCUT2D eigenvalue weighted by Gasteiger charge is -2.13. The van der Waals surface area contributed by atoms with Crippen LogP contribution in [0.2, 0.25) is 0 Å². The van der Waals surface area contributed by atoms with Crippen LogP contribution in [0, 0.1) is 5.82 Å². The van der Waals surface area contributed by atoms with Crippen LogP contribution in [0.3, 0.4) is 0 Å². The molecule has 1 N–H and O–H groups in total. The fourth-order valence-corrected chi connectivity index (χ4v) is 2.47. The van der Waals surface area contributed by atoms with Crippen LogP contribution >= 0.6 is 0 Å². The number of rotatable bonds is 9. The Bertz CT molecular complexity index is 749. The van der Waals surface area contributed by atoms with Crippen molar-refractivity contribution < 1.29 is 23.4 Å². The Balaban J connectivity index is 1.96. The number of benzene rings is 2. The van der Waals surface area contributed by atoms with Gasteiger partial charge in [-0.2, -0.15) is 0 Å². The topological polar surface area (TPSA) is 56.8 Å². The van der Waals surface area contributed by atoms with E-state index in [4.69, 9.17) is 14.2 Å². The third-order valence-corrected chi connectivity index (χ3v) is 3.73. The van der Waals surface area contributed by atoms with Crippen LogP contribution in [0.15, 0.2) is 36.4 Å². The summed E-state index contributed by atoms with van der Waals surface area (Å²) in [5, 5.41) is 2.73. The number of carbonyl (C=O) groups is 1. The monoisotopic (exact) mass is 361 g/mol. The van der Waals surface area contributed by atoms with Gasteiger partial charge in [-0.05, 0) is 50.1 Å². The highest BCUT2D eigenvalue weighted by molar-refractivity contribution is 5.94. The van der Waals surface area contributed by atoms with Gasteiger partial charge < -0.3 is 19.5 Å². The third kappa shape index (κ3) is 5.12. The second-order valence-electron chi connectivity index (χ2n) is 5.50. The number of hydrogen-bond acceptors (Lipinski definition) is 4. The van der Waals surface area contributed by atoms with Crippen LogP contribution in [0.25, 0.3) is 0 Å². The maximum absolute atomic E-state index is 13.9. The zero-order valence-electron chi connectivity index (χ0n) is 15.3. The van der Waals surface area contributed by atoms with E-state index in [1.165, 1.54) is 19.2 Å². The van der Waals surface area contributed by atoms with E-state index < -0.39 is 11.7 Å². The molecule has 2 aromatic rings. The molecule has 2 aromatic carbocycles. The summed E-state index contributed by atoms with van der Waals surface area (Å²) >= 11 is 0. The first-order valence-corrected chi connectivity index (χ1v) is 8.59. The van der Waals surface area contributed by atoms with Crippen molar-refractivity contribution in [2.45, 2.75) is 20.3 Å². The molecular formula is C20H24FNO4. The molecule has 26 heavy (non-hydrogen) atoms. The molecule has 0 unspecified atom stereocenters. The lowest BCUT2D eigenvalue weighted by atomic mass is 10.1. The molecule has 0 aliphatic carbocycles. The smallest absolute Gasteiger partial charge is 0.254 e. The quantitative estimate of drug-likeness (QED) is 0.741. The molecule has 6 heteroatoms. The first-order chi connectivity index (χ1) is 12.6. The summed E-state index contributed by atoms with van der Waals surface area (Å²) in [5.74, 6) is 0.682. The summed E-state index contributed by atoms with van der Waals surface area (Å²) in [6, 6.07) is 9.83. The van der Waals surface area contributed by atoms with Gasteiger partial charge in [0, 0.05) is 12.6 Å². The Morgan fingerprint density at radius 2 is 1.77 bits per heavy atom. The highest BCUT2D eigenvalue weighted by Gasteiger charge is 2.12. The molecule has 0 aliphatic rings. The van der Waals surface area contributed by atoms with Crippen LogP contribution in [0.1, 0.15) is 29.8 Å². The standard InChI is InChI=1S/C20H24FNO4/c1-4-25-18-9-6-14(12-19(18)26-5-2)10-11-22-20(23)16-8-7-15(24-3)13-17(16)21/h6-9,12-13H,4-5,10-11H2,1-3H3,(H,22,23). The van der Waals surface area contributed by atoms with Crippen molar-refractivity contribution in [1.29, 1.82) is 0 Å². The Labute approximate surface area is 153 Å². The lowest BCUT2D eigenvalue weighted by molar-refractivity contribution is 0.0950. The Morgan fingerprint density at radius 3 is 2.42 bits per heavy atom. The van der Waals surface area contributed by atoms with E-state index in [9.17, 15) is 9.18 Å². The van der Waals surface area contributed by atoms with Gasteiger partial charge in [-0.15, -0.1) is 0 Å². The largest absolute Gasteiger partial charge is 0.497 e. The van der Waals surface area contributed by atoms with Crippen LogP contribution in [0.5, 0.6) is 17.2 Å². The second-order valence-corrected chi connectivity index (χ2v) is 5.50. The van der Waals surface area contributed by atoms with Gasteiger partial charge >= 0.3 is 0 Å². The first-order valence-electron chi connectivity index (χ1n) is 8.59. The average Bonchev–Trinajstić information content (AvgIpc) is 2.63. The summed E-state index contributed by atoms with van der Waals surface area (Å²) in [4.78, 5) is 12.1. The molecule has 0 bridgehead atoms. The highest BCUT2D eigenvalue weighted by atomic mass is 19.1. The molecule has 0 saturated heterocycles. The fourth-order valence-electron chi connectivity index (χ4n) is 2.47. The molecule has 0 aromatic heterocycles. The summed E-state index contributed by atoms with van der Waals surface area (Å²) in [5.41, 5.74) is 0.986. The molecule has 140 valence electrons. The Kier molecular flexibility index (Phi) is 7.26. The normalized spacial score (nSPS) is 10.3. The van der Waals surface area contributed by atoms with Crippen molar-refractivity contribution in [2.24, 2.45) is 0 Å². The predicted octanol–water partition coefficient (Wildman–Crippen LogP) is 3.60. The van der Waals surface area contributed by atoms with E-state index in [1.807, 2.05) is 32.0 Å². The van der Waals surface area contributed by atoms with Crippen LogP contribution in [0.4, 0.5) is 4.39 Å². The number of methoxy groups -OCH3 is 1. The summed E-state index contributed by atoms with van der Waals surface area (Å²) in [6.07, 6.45) is 0.593. The highest BCUT2D eigenvalue weighted by Crippen LogP contribution is 2.28. The van der Waals surface area contributed by atoms with Crippen LogP contribution in [-0.4, -0.2) is 32.8 Å². The number of ether oxygens (including phenoxy) is 3. The van der Waals surface area contributed by atoms with Crippen molar-refractivity contribution in [1.82, 2.24) is 5.32 Å². The van der Waals surface area contributed by atoms with Crippen molar-refractivity contribution in [3.8, 4) is 17.2 Å². The summed E-state index contributed by atoms with van der Waals surface area (Å²) in [7, 11) is 1.45. The van der Waals surface area contributed by atoms with Gasteiger partial charge in [0.05, 0.1) is 25.9 Å². The molecule has 0 aliphatic heterocycles. The van der Waals surface area contributed by atoms with Crippen molar-refractivity contribution in [3.63, 3.8) is 0 Å². The number of carbonyl (C=O) groups excluding carboxylic acids is 1. The molecular weight excluding hydrogens is 337 g/mol. The Hall–Kier alpha value is -2.76. The van der Waals surface area contributed by atoms with E-state index in [1.54, 1.807) is 6.07 Å². The van der Waals surface area contributed by atoms with Gasteiger partial charge in [-0.3, -0.25) is 4.79 Å². The van der Waals surface area contributed by atoms with E-state index in [-0.39, 0.29) is 5.56 Å². The van der Waals surface area contributed by atoms with Crippen molar-refractivity contribution in [2.75, 3.05) is 26.9 Å². The van der Waals surface area contributed by atoms with Gasteiger partial charge in [0.25, 0.3) is 5.91 Å². The average molecular weight is 361 g/mol. The number of amides is 1. The molecule has 0 atom stereocenters. The van der Waals surface area contributed by atoms with Gasteiger partial charge in [0.15, 0.2) is 11.5 Å².